The van der Waals surface area contributed by atoms with E-state index in [1.807, 2.05) is 49.4 Å². The Morgan fingerprint density at radius 3 is 2.24 bits per heavy atom. The molecule has 0 aliphatic carbocycles. The van der Waals surface area contributed by atoms with E-state index >= 15 is 0 Å². The zero-order chi connectivity index (χ0) is 25.3. The Labute approximate surface area is 201 Å². The van der Waals surface area contributed by atoms with Crippen LogP contribution in [0.1, 0.15) is 50.4 Å². The molecule has 2 unspecified atom stereocenters. The van der Waals surface area contributed by atoms with Gasteiger partial charge in [-0.25, -0.2) is 4.79 Å². The number of carbonyl (C=O) groups excluding carboxylic acids is 3. The first-order valence-corrected chi connectivity index (χ1v) is 11.3. The second kappa shape index (κ2) is 12.2. The summed E-state index contributed by atoms with van der Waals surface area (Å²) in [4.78, 5) is 40.3. The van der Waals surface area contributed by atoms with Crippen LogP contribution in [0.4, 0.5) is 4.79 Å². The smallest absolute Gasteiger partial charge is 0.408 e. The van der Waals surface area contributed by atoms with Crippen molar-refractivity contribution in [3.8, 4) is 0 Å². The van der Waals surface area contributed by atoms with Gasteiger partial charge < -0.3 is 25.4 Å². The fraction of sp³-hybridized carbons (Fsp3) is 0.423. The number of nitrogens with zero attached hydrogens (tertiary/aromatic N) is 1. The summed E-state index contributed by atoms with van der Waals surface area (Å²) in [5, 5.41) is 15.1. The third-order valence-electron chi connectivity index (χ3n) is 5.08. The summed E-state index contributed by atoms with van der Waals surface area (Å²) in [6, 6.07) is 14.8. The van der Waals surface area contributed by atoms with Gasteiger partial charge in [0.15, 0.2) is 0 Å². The molecule has 0 aromatic heterocycles. The number of carbonyl (C=O) groups is 3. The van der Waals surface area contributed by atoms with Crippen molar-refractivity contribution in [2.45, 2.75) is 58.8 Å². The standard InChI is InChI=1S/C26H35N3O5/c1-18-11-9-10-14-21(18)22(23(31)27-17-20-12-7-6-8-13-20)29(15-16-30)24(32)19(2)28-25(33)34-26(3,4)5/h6-14,19,22,30H,15-17H2,1-5H3,(H,27,31)(H,28,33). The summed E-state index contributed by atoms with van der Waals surface area (Å²) < 4.78 is 5.25. The maximum Gasteiger partial charge on any atom is 0.408 e. The van der Waals surface area contributed by atoms with Gasteiger partial charge in [0.05, 0.1) is 6.61 Å². The van der Waals surface area contributed by atoms with Crippen molar-refractivity contribution in [2.24, 2.45) is 0 Å². The molecule has 0 radical (unpaired) electrons. The minimum atomic E-state index is -0.993. The minimum Gasteiger partial charge on any atom is -0.444 e. The quantitative estimate of drug-likeness (QED) is 0.523. The lowest BCUT2D eigenvalue weighted by molar-refractivity contribution is -0.142. The Hall–Kier alpha value is -3.39. The SMILES string of the molecule is Cc1ccccc1C(C(=O)NCc1ccccc1)N(CCO)C(=O)C(C)NC(=O)OC(C)(C)C. The Bertz CT molecular complexity index is 972. The summed E-state index contributed by atoms with van der Waals surface area (Å²) in [5.74, 6) is -0.896. The van der Waals surface area contributed by atoms with Crippen LogP contribution < -0.4 is 10.6 Å². The second-order valence-corrected chi connectivity index (χ2v) is 9.09. The average Bonchev–Trinajstić information content (AvgIpc) is 2.77. The molecule has 8 heteroatoms. The van der Waals surface area contributed by atoms with E-state index in [1.54, 1.807) is 32.9 Å². The van der Waals surface area contributed by atoms with Crippen LogP contribution in [0.3, 0.4) is 0 Å². The van der Waals surface area contributed by atoms with Crippen molar-refractivity contribution in [1.82, 2.24) is 15.5 Å². The van der Waals surface area contributed by atoms with Crippen molar-refractivity contribution in [3.63, 3.8) is 0 Å². The lowest BCUT2D eigenvalue weighted by Crippen LogP contribution is -2.52. The van der Waals surface area contributed by atoms with Crippen LogP contribution in [-0.2, 0) is 20.9 Å². The van der Waals surface area contributed by atoms with Crippen LogP contribution in [-0.4, -0.2) is 52.7 Å². The molecule has 0 fully saturated rings. The summed E-state index contributed by atoms with van der Waals surface area (Å²) in [6.07, 6.45) is -0.738. The van der Waals surface area contributed by atoms with Gasteiger partial charge in [-0.2, -0.15) is 0 Å². The van der Waals surface area contributed by atoms with E-state index in [9.17, 15) is 19.5 Å². The molecule has 184 valence electrons. The first kappa shape index (κ1) is 26.9. The number of alkyl carbamates (subject to hydrolysis) is 1. The van der Waals surface area contributed by atoms with E-state index in [-0.39, 0.29) is 25.6 Å². The Kier molecular flexibility index (Phi) is 9.62. The van der Waals surface area contributed by atoms with Crippen molar-refractivity contribution in [1.29, 1.82) is 0 Å². The Balaban J connectivity index is 2.32. The molecule has 2 aromatic carbocycles. The maximum atomic E-state index is 13.4. The van der Waals surface area contributed by atoms with Crippen LogP contribution >= 0.6 is 0 Å². The van der Waals surface area contributed by atoms with Crippen LogP contribution in [0.5, 0.6) is 0 Å². The van der Waals surface area contributed by atoms with Gasteiger partial charge in [-0.1, -0.05) is 54.6 Å². The third-order valence-corrected chi connectivity index (χ3v) is 5.08. The highest BCUT2D eigenvalue weighted by Gasteiger charge is 2.35. The van der Waals surface area contributed by atoms with Crippen molar-refractivity contribution in [2.75, 3.05) is 13.2 Å². The van der Waals surface area contributed by atoms with E-state index in [4.69, 9.17) is 4.74 Å². The highest BCUT2D eigenvalue weighted by atomic mass is 16.6. The summed E-state index contributed by atoms with van der Waals surface area (Å²) in [6.45, 7) is 8.41. The molecule has 0 bridgehead atoms. The monoisotopic (exact) mass is 469 g/mol. The third kappa shape index (κ3) is 7.88. The molecule has 2 rings (SSSR count). The number of aryl methyl sites for hydroxylation is 1. The number of rotatable bonds is 9. The van der Waals surface area contributed by atoms with E-state index < -0.39 is 29.7 Å². The van der Waals surface area contributed by atoms with Gasteiger partial charge in [-0.15, -0.1) is 0 Å². The molecule has 2 aromatic rings. The maximum absolute atomic E-state index is 13.4. The van der Waals surface area contributed by atoms with E-state index in [0.717, 1.165) is 11.1 Å². The summed E-state index contributed by atoms with van der Waals surface area (Å²) in [7, 11) is 0. The van der Waals surface area contributed by atoms with Gasteiger partial charge in [-0.3, -0.25) is 9.59 Å². The number of aliphatic hydroxyl groups is 1. The molecule has 8 nitrogen and oxygen atoms in total. The van der Waals surface area contributed by atoms with Crippen LogP contribution in [0.15, 0.2) is 54.6 Å². The molecule has 3 N–H and O–H groups in total. The van der Waals surface area contributed by atoms with E-state index in [2.05, 4.69) is 10.6 Å². The second-order valence-electron chi connectivity index (χ2n) is 9.09. The van der Waals surface area contributed by atoms with Crippen LogP contribution in [0.2, 0.25) is 0 Å². The number of nitrogens with one attached hydrogen (secondary N) is 2. The lowest BCUT2D eigenvalue weighted by Gasteiger charge is -2.34. The topological polar surface area (TPSA) is 108 Å². The van der Waals surface area contributed by atoms with Gasteiger partial charge in [0.25, 0.3) is 0 Å². The largest absolute Gasteiger partial charge is 0.444 e. The first-order chi connectivity index (χ1) is 16.0. The number of hydrogen-bond donors (Lipinski definition) is 3. The van der Waals surface area contributed by atoms with E-state index in [0.29, 0.717) is 5.56 Å². The molecule has 0 saturated heterocycles. The average molecular weight is 470 g/mol. The van der Waals surface area contributed by atoms with Gasteiger partial charge in [-0.05, 0) is 51.3 Å². The lowest BCUT2D eigenvalue weighted by atomic mass is 9.98. The molecule has 0 aliphatic rings. The Morgan fingerprint density at radius 2 is 1.65 bits per heavy atom. The van der Waals surface area contributed by atoms with Crippen molar-refractivity contribution < 1.29 is 24.2 Å². The molecule has 0 spiro atoms. The Morgan fingerprint density at radius 1 is 1.03 bits per heavy atom. The molecule has 0 heterocycles. The van der Waals surface area contributed by atoms with E-state index in [1.165, 1.54) is 11.8 Å². The van der Waals surface area contributed by atoms with Gasteiger partial charge in [0.2, 0.25) is 11.8 Å². The van der Waals surface area contributed by atoms with Crippen molar-refractivity contribution in [3.05, 3.63) is 71.3 Å². The number of benzene rings is 2. The minimum absolute atomic E-state index is 0.0864. The zero-order valence-electron chi connectivity index (χ0n) is 20.5. The molecule has 0 aliphatic heterocycles. The highest BCUT2D eigenvalue weighted by molar-refractivity contribution is 5.92. The summed E-state index contributed by atoms with van der Waals surface area (Å²) >= 11 is 0. The molecule has 34 heavy (non-hydrogen) atoms. The molecule has 3 amide bonds. The fourth-order valence-electron chi connectivity index (χ4n) is 3.50. The number of hydrogen-bond acceptors (Lipinski definition) is 5. The first-order valence-electron chi connectivity index (χ1n) is 11.3. The molecule has 0 saturated carbocycles. The van der Waals surface area contributed by atoms with Crippen LogP contribution in [0, 0.1) is 6.92 Å². The molecule has 2 atom stereocenters. The number of aliphatic hydroxyl groups excluding tert-OH is 1. The normalized spacial score (nSPS) is 12.9. The zero-order valence-corrected chi connectivity index (χ0v) is 20.5. The highest BCUT2D eigenvalue weighted by Crippen LogP contribution is 2.25. The van der Waals surface area contributed by atoms with Gasteiger partial charge in [0, 0.05) is 13.1 Å². The van der Waals surface area contributed by atoms with Gasteiger partial charge >= 0.3 is 6.09 Å². The molecular weight excluding hydrogens is 434 g/mol. The summed E-state index contributed by atoms with van der Waals surface area (Å²) in [5.41, 5.74) is 1.66. The predicted molar refractivity (Wildman–Crippen MR) is 130 cm³/mol. The number of amides is 3. The predicted octanol–water partition coefficient (Wildman–Crippen LogP) is 3.09. The number of ether oxygens (including phenoxy) is 1. The van der Waals surface area contributed by atoms with Crippen LogP contribution in [0.25, 0.3) is 0 Å². The fourth-order valence-corrected chi connectivity index (χ4v) is 3.50. The van der Waals surface area contributed by atoms with Gasteiger partial charge in [0.1, 0.15) is 17.7 Å². The van der Waals surface area contributed by atoms with Crippen molar-refractivity contribution >= 4 is 17.9 Å². The molecular formula is C26H35N3O5.